The summed E-state index contributed by atoms with van der Waals surface area (Å²) in [5.41, 5.74) is 0. The lowest BCUT2D eigenvalue weighted by molar-refractivity contribution is -0.142. The first kappa shape index (κ1) is 17.3. The first-order valence-corrected chi connectivity index (χ1v) is 7.21. The number of piperidine rings is 1. The van der Waals surface area contributed by atoms with E-state index in [1.54, 1.807) is 0 Å². The van der Waals surface area contributed by atoms with Crippen LogP contribution in [0.25, 0.3) is 0 Å². The van der Waals surface area contributed by atoms with Gasteiger partial charge in [0, 0.05) is 32.1 Å². The molecule has 4 nitrogen and oxygen atoms in total. The van der Waals surface area contributed by atoms with Crippen LogP contribution in [-0.4, -0.2) is 56.6 Å². The van der Waals surface area contributed by atoms with Crippen LogP contribution >= 0.6 is 0 Å². The van der Waals surface area contributed by atoms with Gasteiger partial charge in [-0.25, -0.2) is 8.78 Å². The zero-order valence-electron chi connectivity index (χ0n) is 12.6. The fraction of sp³-hybridized carbons (Fsp3) is 0.929. The fourth-order valence-electron chi connectivity index (χ4n) is 2.84. The maximum absolute atomic E-state index is 12.3. The molecule has 0 spiro atoms. The SMILES string of the molecule is COC(=O)CC1CC(NCC(F)F)CN(CC(C)C)C1. The van der Waals surface area contributed by atoms with Crippen molar-refractivity contribution in [1.29, 1.82) is 0 Å². The van der Waals surface area contributed by atoms with Gasteiger partial charge in [-0.3, -0.25) is 4.79 Å². The van der Waals surface area contributed by atoms with E-state index in [4.69, 9.17) is 4.74 Å². The molecule has 2 atom stereocenters. The molecule has 6 heteroatoms. The van der Waals surface area contributed by atoms with Crippen LogP contribution in [0.2, 0.25) is 0 Å². The van der Waals surface area contributed by atoms with Crippen LogP contribution in [0.3, 0.4) is 0 Å². The summed E-state index contributed by atoms with van der Waals surface area (Å²) in [6.45, 7) is 6.50. The van der Waals surface area contributed by atoms with Crippen LogP contribution in [0.15, 0.2) is 0 Å². The van der Waals surface area contributed by atoms with Gasteiger partial charge in [0.25, 0.3) is 6.43 Å². The topological polar surface area (TPSA) is 41.6 Å². The van der Waals surface area contributed by atoms with E-state index in [0.717, 1.165) is 26.1 Å². The van der Waals surface area contributed by atoms with Crippen LogP contribution < -0.4 is 5.32 Å². The van der Waals surface area contributed by atoms with Gasteiger partial charge in [0.15, 0.2) is 0 Å². The summed E-state index contributed by atoms with van der Waals surface area (Å²) < 4.78 is 29.3. The molecule has 0 saturated carbocycles. The number of halogens is 2. The maximum atomic E-state index is 12.3. The number of hydrogen-bond acceptors (Lipinski definition) is 4. The van der Waals surface area contributed by atoms with E-state index >= 15 is 0 Å². The summed E-state index contributed by atoms with van der Waals surface area (Å²) in [5.74, 6) is 0.460. The molecule has 0 aromatic heterocycles. The average molecular weight is 292 g/mol. The molecule has 1 N–H and O–H groups in total. The van der Waals surface area contributed by atoms with E-state index in [1.165, 1.54) is 7.11 Å². The Labute approximate surface area is 119 Å². The summed E-state index contributed by atoms with van der Waals surface area (Å²) in [6.07, 6.45) is -1.23. The summed E-state index contributed by atoms with van der Waals surface area (Å²) in [7, 11) is 1.38. The number of esters is 1. The Balaban J connectivity index is 2.54. The van der Waals surface area contributed by atoms with Crippen molar-refractivity contribution in [3.8, 4) is 0 Å². The Bertz CT molecular complexity index is 301. The fourth-order valence-corrected chi connectivity index (χ4v) is 2.84. The van der Waals surface area contributed by atoms with Gasteiger partial charge in [0.05, 0.1) is 13.7 Å². The molecule has 118 valence electrons. The van der Waals surface area contributed by atoms with Gasteiger partial charge in [-0.1, -0.05) is 13.8 Å². The summed E-state index contributed by atoms with van der Waals surface area (Å²) in [5, 5.41) is 2.90. The van der Waals surface area contributed by atoms with Gasteiger partial charge < -0.3 is 15.0 Å². The molecule has 1 rings (SSSR count). The lowest BCUT2D eigenvalue weighted by atomic mass is 9.91. The summed E-state index contributed by atoms with van der Waals surface area (Å²) in [4.78, 5) is 13.7. The second kappa shape index (κ2) is 8.52. The molecule has 0 bridgehead atoms. The second-order valence-corrected chi connectivity index (χ2v) is 5.99. The van der Waals surface area contributed by atoms with E-state index in [2.05, 4.69) is 24.1 Å². The van der Waals surface area contributed by atoms with Crippen molar-refractivity contribution in [1.82, 2.24) is 10.2 Å². The minimum absolute atomic E-state index is 0.0196. The predicted molar refractivity (Wildman–Crippen MR) is 73.8 cm³/mol. The molecule has 20 heavy (non-hydrogen) atoms. The first-order valence-electron chi connectivity index (χ1n) is 7.21. The van der Waals surface area contributed by atoms with Crippen LogP contribution in [0.4, 0.5) is 8.78 Å². The predicted octanol–water partition coefficient (Wildman–Crippen LogP) is 1.75. The number of carbonyl (C=O) groups is 1. The van der Waals surface area contributed by atoms with Gasteiger partial charge in [0.2, 0.25) is 0 Å². The molecular weight excluding hydrogens is 266 g/mol. The number of ether oxygens (including phenoxy) is 1. The number of carbonyl (C=O) groups excluding carboxylic acids is 1. The lowest BCUT2D eigenvalue weighted by Crippen LogP contribution is -2.51. The minimum Gasteiger partial charge on any atom is -0.469 e. The van der Waals surface area contributed by atoms with E-state index < -0.39 is 6.43 Å². The standard InChI is InChI=1S/C14H26F2N2O2/c1-10(2)7-18-8-11(5-14(19)20-3)4-12(9-18)17-6-13(15)16/h10-13,17H,4-9H2,1-3H3. The molecule has 0 radical (unpaired) electrons. The molecule has 0 aromatic rings. The third kappa shape index (κ3) is 6.61. The Hall–Kier alpha value is -0.750. The molecule has 0 amide bonds. The van der Waals surface area contributed by atoms with Gasteiger partial charge in [-0.05, 0) is 18.3 Å². The number of hydrogen-bond donors (Lipinski definition) is 1. The third-order valence-corrected chi connectivity index (χ3v) is 3.48. The van der Waals surface area contributed by atoms with Gasteiger partial charge >= 0.3 is 5.97 Å². The van der Waals surface area contributed by atoms with Crippen molar-refractivity contribution in [2.45, 2.75) is 39.2 Å². The number of likely N-dealkylation sites (tertiary alicyclic amines) is 1. The molecule has 1 aliphatic rings. The molecule has 1 heterocycles. The number of alkyl halides is 2. The second-order valence-electron chi connectivity index (χ2n) is 5.99. The van der Waals surface area contributed by atoms with Crippen LogP contribution in [0, 0.1) is 11.8 Å². The number of rotatable bonds is 7. The Morgan fingerprint density at radius 3 is 2.65 bits per heavy atom. The van der Waals surface area contributed by atoms with E-state index in [9.17, 15) is 13.6 Å². The van der Waals surface area contributed by atoms with Crippen molar-refractivity contribution >= 4 is 5.97 Å². The van der Waals surface area contributed by atoms with Crippen molar-refractivity contribution in [2.75, 3.05) is 33.3 Å². The molecule has 0 aromatic carbocycles. The van der Waals surface area contributed by atoms with E-state index in [1.807, 2.05) is 0 Å². The van der Waals surface area contributed by atoms with Gasteiger partial charge in [-0.15, -0.1) is 0 Å². The Kier molecular flexibility index (Phi) is 7.37. The highest BCUT2D eigenvalue weighted by molar-refractivity contribution is 5.69. The highest BCUT2D eigenvalue weighted by Crippen LogP contribution is 2.21. The zero-order chi connectivity index (χ0) is 15.1. The smallest absolute Gasteiger partial charge is 0.305 e. The average Bonchev–Trinajstić information content (AvgIpc) is 2.35. The van der Waals surface area contributed by atoms with Crippen molar-refractivity contribution < 1.29 is 18.3 Å². The number of nitrogens with zero attached hydrogens (tertiary/aromatic N) is 1. The van der Waals surface area contributed by atoms with Gasteiger partial charge in [-0.2, -0.15) is 0 Å². The van der Waals surface area contributed by atoms with Crippen LogP contribution in [0.1, 0.15) is 26.7 Å². The summed E-state index contributed by atoms with van der Waals surface area (Å²) in [6, 6.07) is 0.0196. The Morgan fingerprint density at radius 2 is 2.10 bits per heavy atom. The van der Waals surface area contributed by atoms with Crippen LogP contribution in [0.5, 0.6) is 0 Å². The molecule has 1 saturated heterocycles. The van der Waals surface area contributed by atoms with Gasteiger partial charge in [0.1, 0.15) is 0 Å². The third-order valence-electron chi connectivity index (χ3n) is 3.48. The molecule has 1 fully saturated rings. The van der Waals surface area contributed by atoms with Crippen molar-refractivity contribution in [3.63, 3.8) is 0 Å². The number of nitrogens with one attached hydrogen (secondary N) is 1. The van der Waals surface area contributed by atoms with E-state index in [-0.39, 0.29) is 24.5 Å². The lowest BCUT2D eigenvalue weighted by Gasteiger charge is -2.38. The molecule has 0 aliphatic carbocycles. The highest BCUT2D eigenvalue weighted by Gasteiger charge is 2.29. The zero-order valence-corrected chi connectivity index (χ0v) is 12.6. The van der Waals surface area contributed by atoms with Crippen molar-refractivity contribution in [3.05, 3.63) is 0 Å². The first-order chi connectivity index (χ1) is 9.40. The quantitative estimate of drug-likeness (QED) is 0.726. The number of methoxy groups -OCH3 is 1. The molecular formula is C14H26F2N2O2. The highest BCUT2D eigenvalue weighted by atomic mass is 19.3. The monoisotopic (exact) mass is 292 g/mol. The van der Waals surface area contributed by atoms with Crippen LogP contribution in [-0.2, 0) is 9.53 Å². The maximum Gasteiger partial charge on any atom is 0.305 e. The summed E-state index contributed by atoms with van der Waals surface area (Å²) >= 11 is 0. The molecule has 1 aliphatic heterocycles. The molecule has 2 unspecified atom stereocenters. The van der Waals surface area contributed by atoms with Crippen molar-refractivity contribution in [2.24, 2.45) is 11.8 Å². The largest absolute Gasteiger partial charge is 0.469 e. The Morgan fingerprint density at radius 1 is 1.40 bits per heavy atom. The minimum atomic E-state index is -2.34. The normalized spacial score (nSPS) is 24.4. The van der Waals surface area contributed by atoms with E-state index in [0.29, 0.717) is 12.3 Å².